The number of hydrogen-bond donors (Lipinski definition) is 0. The van der Waals surface area contributed by atoms with Crippen molar-refractivity contribution in [2.75, 3.05) is 19.1 Å². The zero-order valence-corrected chi connectivity index (χ0v) is 17.8. The molecule has 0 radical (unpaired) electrons. The summed E-state index contributed by atoms with van der Waals surface area (Å²) in [5.74, 6) is -0.335. The van der Waals surface area contributed by atoms with Crippen molar-refractivity contribution in [2.24, 2.45) is 4.99 Å². The Balaban J connectivity index is 1.96. The van der Waals surface area contributed by atoms with Crippen LogP contribution in [0, 0.1) is 13.8 Å². The minimum Gasteiger partial charge on any atom is -0.465 e. The van der Waals surface area contributed by atoms with Crippen molar-refractivity contribution in [3.63, 3.8) is 0 Å². The summed E-state index contributed by atoms with van der Waals surface area (Å²) in [6, 6.07) is 9.86. The topological polar surface area (TPSA) is 41.9 Å². The van der Waals surface area contributed by atoms with Crippen LogP contribution in [-0.4, -0.2) is 31.9 Å². The summed E-state index contributed by atoms with van der Waals surface area (Å²) in [6.07, 6.45) is 4.21. The van der Waals surface area contributed by atoms with Crippen LogP contribution >= 0.6 is 0 Å². The first-order chi connectivity index (χ1) is 13.1. The molecule has 0 unspecified atom stereocenters. The van der Waals surface area contributed by atoms with Crippen LogP contribution in [0.1, 0.15) is 53.4 Å². The van der Waals surface area contributed by atoms with Crippen molar-refractivity contribution < 1.29 is 9.53 Å². The maximum absolute atomic E-state index is 11.7. The molecule has 2 aromatic rings. The first-order valence-corrected chi connectivity index (χ1v) is 9.45. The lowest BCUT2D eigenvalue weighted by Crippen LogP contribution is -2.42. The average Bonchev–Trinajstić information content (AvgIpc) is 2.64. The summed E-state index contributed by atoms with van der Waals surface area (Å²) >= 11 is 0. The van der Waals surface area contributed by atoms with Gasteiger partial charge in [-0.2, -0.15) is 0 Å². The fourth-order valence-electron chi connectivity index (χ4n) is 3.64. The second-order valence-electron chi connectivity index (χ2n) is 8.02. The number of rotatable bonds is 3. The summed E-state index contributed by atoms with van der Waals surface area (Å²) < 4.78 is 4.78. The number of nitrogens with zero attached hydrogens (tertiary/aromatic N) is 2. The van der Waals surface area contributed by atoms with Crippen LogP contribution in [0.5, 0.6) is 0 Å². The first kappa shape index (κ1) is 19.9. The van der Waals surface area contributed by atoms with E-state index in [2.05, 4.69) is 62.8 Å². The van der Waals surface area contributed by atoms with Gasteiger partial charge in [-0.25, -0.2) is 4.79 Å². The lowest BCUT2D eigenvalue weighted by atomic mass is 9.87. The number of carbonyl (C=O) groups is 1. The van der Waals surface area contributed by atoms with Gasteiger partial charge in [0.15, 0.2) is 0 Å². The third-order valence-electron chi connectivity index (χ3n) is 5.57. The number of aryl methyl sites for hydroxylation is 2. The van der Waals surface area contributed by atoms with Crippen molar-refractivity contribution in [2.45, 2.75) is 40.2 Å². The van der Waals surface area contributed by atoms with Crippen molar-refractivity contribution in [3.8, 4) is 0 Å². The Bertz CT molecular complexity index is 1000. The number of likely N-dealkylation sites (N-methyl/N-ethyl adjacent to an activating group) is 1. The molecule has 0 saturated heterocycles. The molecule has 0 atom stereocenters. The van der Waals surface area contributed by atoms with Gasteiger partial charge in [0.25, 0.3) is 0 Å². The van der Waals surface area contributed by atoms with Crippen LogP contribution < -0.4 is 4.90 Å². The number of anilines is 1. The molecule has 0 bridgehead atoms. The lowest BCUT2D eigenvalue weighted by molar-refractivity contribution is 0.0600. The molecule has 0 N–H and O–H groups in total. The SMILES string of the molecule is COC(=O)c1ccc(N=Cc2cc3c(cc2C)N(C)C(C)(C)C=C3C)c(C)c1. The molecule has 1 aliphatic heterocycles. The van der Waals surface area contributed by atoms with Crippen molar-refractivity contribution in [1.29, 1.82) is 0 Å². The largest absolute Gasteiger partial charge is 0.465 e. The van der Waals surface area contributed by atoms with Crippen LogP contribution in [0.4, 0.5) is 11.4 Å². The Morgan fingerprint density at radius 3 is 2.46 bits per heavy atom. The zero-order valence-electron chi connectivity index (χ0n) is 17.8. The van der Waals surface area contributed by atoms with Crippen LogP contribution in [0.3, 0.4) is 0 Å². The summed E-state index contributed by atoms with van der Waals surface area (Å²) in [4.78, 5) is 18.7. The van der Waals surface area contributed by atoms with E-state index in [-0.39, 0.29) is 11.5 Å². The lowest BCUT2D eigenvalue weighted by Gasteiger charge is -2.41. The third kappa shape index (κ3) is 3.59. The number of fused-ring (bicyclic) bond motifs is 1. The van der Waals surface area contributed by atoms with Crippen LogP contribution in [0.2, 0.25) is 0 Å². The first-order valence-electron chi connectivity index (χ1n) is 9.45. The summed E-state index contributed by atoms with van der Waals surface area (Å²) in [6.45, 7) is 10.7. The van der Waals surface area contributed by atoms with Gasteiger partial charge >= 0.3 is 5.97 Å². The molecule has 4 heteroatoms. The normalized spacial score (nSPS) is 15.4. The molecule has 0 saturated carbocycles. The van der Waals surface area contributed by atoms with Gasteiger partial charge in [0.05, 0.1) is 23.9 Å². The monoisotopic (exact) mass is 376 g/mol. The van der Waals surface area contributed by atoms with E-state index in [4.69, 9.17) is 4.74 Å². The third-order valence-corrected chi connectivity index (χ3v) is 5.57. The van der Waals surface area contributed by atoms with Crippen LogP contribution in [0.15, 0.2) is 41.4 Å². The molecule has 0 fully saturated rings. The maximum Gasteiger partial charge on any atom is 0.337 e. The predicted molar refractivity (Wildman–Crippen MR) is 117 cm³/mol. The number of ether oxygens (including phenoxy) is 1. The van der Waals surface area contributed by atoms with E-state index >= 15 is 0 Å². The molecular formula is C24H28N2O2. The van der Waals surface area contributed by atoms with E-state index in [1.807, 2.05) is 25.3 Å². The Kier molecular flexibility index (Phi) is 5.16. The van der Waals surface area contributed by atoms with Gasteiger partial charge in [0.1, 0.15) is 0 Å². The molecule has 4 nitrogen and oxygen atoms in total. The van der Waals surface area contributed by atoms with E-state index in [9.17, 15) is 4.79 Å². The summed E-state index contributed by atoms with van der Waals surface area (Å²) in [7, 11) is 3.53. The van der Waals surface area contributed by atoms with Crippen molar-refractivity contribution in [3.05, 3.63) is 64.2 Å². The fraction of sp³-hybridized carbons (Fsp3) is 0.333. The number of methoxy groups -OCH3 is 1. The second-order valence-corrected chi connectivity index (χ2v) is 8.02. The molecule has 1 heterocycles. The second kappa shape index (κ2) is 7.27. The van der Waals surface area contributed by atoms with Crippen LogP contribution in [0.25, 0.3) is 5.57 Å². The summed E-state index contributed by atoms with van der Waals surface area (Å²) in [5, 5.41) is 0. The van der Waals surface area contributed by atoms with Gasteiger partial charge < -0.3 is 9.64 Å². The predicted octanol–water partition coefficient (Wildman–Crippen LogP) is 5.47. The highest BCUT2D eigenvalue weighted by Crippen LogP contribution is 2.39. The Morgan fingerprint density at radius 1 is 1.11 bits per heavy atom. The van der Waals surface area contributed by atoms with Crippen molar-refractivity contribution in [1.82, 2.24) is 0 Å². The molecule has 146 valence electrons. The van der Waals surface area contributed by atoms with E-state index < -0.39 is 0 Å². The van der Waals surface area contributed by atoms with Gasteiger partial charge in [-0.1, -0.05) is 6.08 Å². The Morgan fingerprint density at radius 2 is 1.82 bits per heavy atom. The van der Waals surface area contributed by atoms with Gasteiger partial charge in [0, 0.05) is 24.5 Å². The van der Waals surface area contributed by atoms with Gasteiger partial charge in [-0.3, -0.25) is 4.99 Å². The molecule has 3 rings (SSSR count). The summed E-state index contributed by atoms with van der Waals surface area (Å²) in [5.41, 5.74) is 8.37. The van der Waals surface area contributed by atoms with E-state index in [1.165, 1.54) is 29.5 Å². The fourth-order valence-corrected chi connectivity index (χ4v) is 3.64. The van der Waals surface area contributed by atoms with E-state index in [1.54, 1.807) is 6.07 Å². The van der Waals surface area contributed by atoms with Gasteiger partial charge in [-0.15, -0.1) is 0 Å². The minimum absolute atomic E-state index is 0.00236. The maximum atomic E-state index is 11.7. The molecular weight excluding hydrogens is 348 g/mol. The average molecular weight is 377 g/mol. The highest BCUT2D eigenvalue weighted by Gasteiger charge is 2.28. The zero-order chi connectivity index (χ0) is 20.6. The number of hydrogen-bond acceptors (Lipinski definition) is 4. The molecule has 28 heavy (non-hydrogen) atoms. The number of allylic oxidation sites excluding steroid dienone is 1. The molecule has 0 amide bonds. The highest BCUT2D eigenvalue weighted by atomic mass is 16.5. The standard InChI is InChI=1S/C24H28N2O2/c1-15-11-22-20(17(3)13-24(4,5)26(22)6)12-19(15)14-25-21-9-8-18(10-16(21)2)23(27)28-7/h8-14H,1-7H3. The van der Waals surface area contributed by atoms with Crippen LogP contribution in [-0.2, 0) is 4.74 Å². The molecule has 0 aliphatic carbocycles. The molecule has 2 aromatic carbocycles. The number of esters is 1. The minimum atomic E-state index is -0.335. The molecule has 0 aromatic heterocycles. The van der Waals surface area contributed by atoms with Gasteiger partial charge in [0.2, 0.25) is 0 Å². The van der Waals surface area contributed by atoms with E-state index in [0.717, 1.165) is 16.8 Å². The van der Waals surface area contributed by atoms with Crippen molar-refractivity contribution >= 4 is 29.1 Å². The van der Waals surface area contributed by atoms with Gasteiger partial charge in [-0.05, 0) is 87.2 Å². The highest BCUT2D eigenvalue weighted by molar-refractivity contribution is 5.92. The Labute approximate surface area is 167 Å². The number of carbonyl (C=O) groups excluding carboxylic acids is 1. The molecule has 1 aliphatic rings. The number of benzene rings is 2. The Hall–Kier alpha value is -2.88. The quantitative estimate of drug-likeness (QED) is 0.527. The number of aliphatic imine (C=N–C) groups is 1. The smallest absolute Gasteiger partial charge is 0.337 e. The molecule has 0 spiro atoms. The van der Waals surface area contributed by atoms with E-state index in [0.29, 0.717) is 5.56 Å².